The Morgan fingerprint density at radius 2 is 1.50 bits per heavy atom. The molecule has 136 valence electrons. The number of hydrogen-bond acceptors (Lipinski definition) is 2. The Bertz CT molecular complexity index is 423. The van der Waals surface area contributed by atoms with Crippen LogP contribution in [-0.4, -0.2) is 15.8 Å². The summed E-state index contributed by atoms with van der Waals surface area (Å²) in [6.45, 7) is 2.27. The van der Waals surface area contributed by atoms with Crippen molar-refractivity contribution in [3.05, 3.63) is 30.4 Å². The highest BCUT2D eigenvalue weighted by Crippen LogP contribution is 2.10. The number of allylic oxidation sites excluding steroid dienone is 2. The van der Waals surface area contributed by atoms with Gasteiger partial charge in [-0.05, 0) is 32.1 Å². The highest BCUT2D eigenvalue weighted by molar-refractivity contribution is 5.92. The maximum absolute atomic E-state index is 11.7. The summed E-state index contributed by atoms with van der Waals surface area (Å²) in [5, 5.41) is 0. The lowest BCUT2D eigenvalue weighted by molar-refractivity contribution is 0.0970. The van der Waals surface area contributed by atoms with Gasteiger partial charge in [0.2, 0.25) is 0 Å². The molecule has 0 saturated heterocycles. The maximum atomic E-state index is 11.7. The highest BCUT2D eigenvalue weighted by atomic mass is 16.1. The van der Waals surface area contributed by atoms with E-state index in [0.29, 0.717) is 12.2 Å². The molecule has 0 aromatic carbocycles. The number of aromatic nitrogens is 2. The van der Waals surface area contributed by atoms with Gasteiger partial charge in [-0.2, -0.15) is 0 Å². The third-order valence-corrected chi connectivity index (χ3v) is 4.43. The van der Waals surface area contributed by atoms with Gasteiger partial charge in [-0.25, -0.2) is 4.98 Å². The molecule has 0 aliphatic carbocycles. The average Bonchev–Trinajstić information content (AvgIpc) is 3.13. The second kappa shape index (κ2) is 15.2. The van der Waals surface area contributed by atoms with Crippen molar-refractivity contribution >= 4 is 5.78 Å². The molecule has 0 bridgehead atoms. The van der Waals surface area contributed by atoms with E-state index in [2.05, 4.69) is 29.0 Å². The summed E-state index contributed by atoms with van der Waals surface area (Å²) < 4.78 is 0. The number of imidazole rings is 1. The van der Waals surface area contributed by atoms with Crippen molar-refractivity contribution in [1.82, 2.24) is 9.97 Å². The summed E-state index contributed by atoms with van der Waals surface area (Å²) in [5.74, 6) is 0.642. The van der Waals surface area contributed by atoms with Crippen molar-refractivity contribution in [3.8, 4) is 0 Å². The number of carbonyl (C=O) groups excluding carboxylic acids is 1. The molecule has 0 aliphatic heterocycles. The van der Waals surface area contributed by atoms with Crippen LogP contribution >= 0.6 is 0 Å². The monoisotopic (exact) mass is 332 g/mol. The maximum Gasteiger partial charge on any atom is 0.198 e. The number of Topliss-reactive ketones (excluding diaryl/α,β-unsaturated/α-hetero) is 1. The third kappa shape index (κ3) is 11.2. The van der Waals surface area contributed by atoms with E-state index in [9.17, 15) is 4.79 Å². The van der Waals surface area contributed by atoms with Crippen molar-refractivity contribution in [2.24, 2.45) is 0 Å². The smallest absolute Gasteiger partial charge is 0.198 e. The van der Waals surface area contributed by atoms with Crippen LogP contribution in [0.1, 0.15) is 107 Å². The second-order valence-electron chi connectivity index (χ2n) is 6.70. The summed E-state index contributed by atoms with van der Waals surface area (Å²) in [6, 6.07) is 0. The van der Waals surface area contributed by atoms with Crippen LogP contribution in [0.2, 0.25) is 0 Å². The molecular weight excluding hydrogens is 296 g/mol. The number of carbonyl (C=O) groups is 1. The van der Waals surface area contributed by atoms with Crippen LogP contribution in [0.3, 0.4) is 0 Å². The molecule has 1 heterocycles. The number of nitrogens with one attached hydrogen (secondary N) is 1. The van der Waals surface area contributed by atoms with Crippen molar-refractivity contribution in [2.75, 3.05) is 0 Å². The molecule has 0 amide bonds. The molecule has 0 fully saturated rings. The summed E-state index contributed by atoms with van der Waals surface area (Å²) in [5.41, 5.74) is 0. The van der Waals surface area contributed by atoms with Crippen LogP contribution < -0.4 is 0 Å². The minimum absolute atomic E-state index is 0.137. The largest absolute Gasteiger partial charge is 0.342 e. The van der Waals surface area contributed by atoms with Crippen molar-refractivity contribution in [3.63, 3.8) is 0 Å². The van der Waals surface area contributed by atoms with Crippen LogP contribution in [0.25, 0.3) is 0 Å². The molecule has 0 aliphatic rings. The highest BCUT2D eigenvalue weighted by Gasteiger charge is 2.06. The molecule has 0 saturated carbocycles. The zero-order valence-corrected chi connectivity index (χ0v) is 15.6. The lowest BCUT2D eigenvalue weighted by Gasteiger charge is -2.00. The Morgan fingerprint density at radius 3 is 2.08 bits per heavy atom. The summed E-state index contributed by atoms with van der Waals surface area (Å²) in [4.78, 5) is 18.6. The Labute approximate surface area is 148 Å². The van der Waals surface area contributed by atoms with Crippen LogP contribution in [0.5, 0.6) is 0 Å². The molecule has 0 spiro atoms. The molecule has 0 atom stereocenters. The van der Waals surface area contributed by atoms with E-state index in [-0.39, 0.29) is 5.78 Å². The average molecular weight is 333 g/mol. The minimum atomic E-state index is 0.137. The first-order valence-corrected chi connectivity index (χ1v) is 10.0. The molecule has 1 aromatic heterocycles. The third-order valence-electron chi connectivity index (χ3n) is 4.43. The number of H-pyrrole nitrogens is 1. The quantitative estimate of drug-likeness (QED) is 0.210. The van der Waals surface area contributed by atoms with Gasteiger partial charge < -0.3 is 4.98 Å². The number of nitrogens with zero attached hydrogens (tertiary/aromatic N) is 1. The molecule has 0 radical (unpaired) electrons. The van der Waals surface area contributed by atoms with E-state index in [0.717, 1.165) is 12.8 Å². The second-order valence-corrected chi connectivity index (χ2v) is 6.70. The van der Waals surface area contributed by atoms with Crippen molar-refractivity contribution in [2.45, 2.75) is 96.8 Å². The molecule has 1 rings (SSSR count). The van der Waals surface area contributed by atoms with Gasteiger partial charge in [0.15, 0.2) is 11.6 Å². The molecule has 3 nitrogen and oxygen atoms in total. The van der Waals surface area contributed by atoms with Crippen LogP contribution in [0.4, 0.5) is 0 Å². The van der Waals surface area contributed by atoms with E-state index in [1.165, 1.54) is 70.6 Å². The fourth-order valence-electron chi connectivity index (χ4n) is 2.89. The van der Waals surface area contributed by atoms with Gasteiger partial charge in [0.25, 0.3) is 0 Å². The van der Waals surface area contributed by atoms with E-state index < -0.39 is 0 Å². The summed E-state index contributed by atoms with van der Waals surface area (Å²) in [7, 11) is 0. The predicted octanol–water partition coefficient (Wildman–Crippen LogP) is 6.63. The van der Waals surface area contributed by atoms with Gasteiger partial charge in [0, 0.05) is 18.8 Å². The van der Waals surface area contributed by atoms with Crippen LogP contribution in [0.15, 0.2) is 24.5 Å². The SMILES string of the molecule is CCCCCCCC/C=C\CCCCCCCC(=O)c1ncc[nH]1. The lowest BCUT2D eigenvalue weighted by atomic mass is 10.1. The molecule has 24 heavy (non-hydrogen) atoms. The zero-order valence-electron chi connectivity index (χ0n) is 15.6. The Morgan fingerprint density at radius 1 is 0.917 bits per heavy atom. The zero-order chi connectivity index (χ0) is 17.3. The van der Waals surface area contributed by atoms with Gasteiger partial charge in [0.05, 0.1) is 0 Å². The Kier molecular flexibility index (Phi) is 13.1. The standard InChI is InChI=1S/C21H36N2O/c1-2-3-4-5-6-7-8-9-10-11-12-13-14-15-16-17-20(24)21-22-18-19-23-21/h9-10,18-19H,2-8,11-17H2,1H3,(H,22,23)/b10-9-. The first kappa shape index (κ1) is 20.7. The fraction of sp³-hybridized carbons (Fsp3) is 0.714. The number of unbranched alkanes of at least 4 members (excludes halogenated alkanes) is 11. The molecule has 3 heteroatoms. The first-order valence-electron chi connectivity index (χ1n) is 10.0. The van der Waals surface area contributed by atoms with E-state index in [4.69, 9.17) is 0 Å². The molecular formula is C21H36N2O. The minimum Gasteiger partial charge on any atom is -0.342 e. The van der Waals surface area contributed by atoms with Crippen LogP contribution in [0, 0.1) is 0 Å². The van der Waals surface area contributed by atoms with Crippen molar-refractivity contribution in [1.29, 1.82) is 0 Å². The number of hydrogen-bond donors (Lipinski definition) is 1. The van der Waals surface area contributed by atoms with Crippen molar-refractivity contribution < 1.29 is 4.79 Å². The van der Waals surface area contributed by atoms with Gasteiger partial charge in [-0.1, -0.05) is 70.4 Å². The van der Waals surface area contributed by atoms with Gasteiger partial charge in [-0.15, -0.1) is 0 Å². The Hall–Kier alpha value is -1.38. The summed E-state index contributed by atoms with van der Waals surface area (Å²) in [6.07, 6.45) is 25.3. The van der Waals surface area contributed by atoms with Crippen LogP contribution in [-0.2, 0) is 0 Å². The van der Waals surface area contributed by atoms with Gasteiger partial charge in [0.1, 0.15) is 0 Å². The lowest BCUT2D eigenvalue weighted by Crippen LogP contribution is -2.01. The number of ketones is 1. The summed E-state index contributed by atoms with van der Waals surface area (Å²) >= 11 is 0. The van der Waals surface area contributed by atoms with Gasteiger partial charge >= 0.3 is 0 Å². The molecule has 1 N–H and O–H groups in total. The predicted molar refractivity (Wildman–Crippen MR) is 102 cm³/mol. The fourth-order valence-corrected chi connectivity index (χ4v) is 2.89. The molecule has 1 aromatic rings. The first-order chi connectivity index (χ1) is 11.8. The molecule has 0 unspecified atom stereocenters. The Balaban J connectivity index is 1.80. The topological polar surface area (TPSA) is 45.8 Å². The van der Waals surface area contributed by atoms with E-state index in [1.807, 2.05) is 0 Å². The van der Waals surface area contributed by atoms with E-state index >= 15 is 0 Å². The number of rotatable bonds is 16. The number of aromatic amines is 1. The normalized spacial score (nSPS) is 11.4. The van der Waals surface area contributed by atoms with Gasteiger partial charge in [-0.3, -0.25) is 4.79 Å². The van der Waals surface area contributed by atoms with E-state index in [1.54, 1.807) is 12.4 Å².